The van der Waals surface area contributed by atoms with Gasteiger partial charge in [-0.1, -0.05) is 27.2 Å². The third-order valence-corrected chi connectivity index (χ3v) is 2.85. The van der Waals surface area contributed by atoms with Crippen LogP contribution < -0.4 is 5.32 Å². The van der Waals surface area contributed by atoms with Crippen LogP contribution in [0.1, 0.15) is 67.7 Å². The molecule has 1 saturated heterocycles. The van der Waals surface area contributed by atoms with Gasteiger partial charge in [-0.15, -0.1) is 0 Å². The van der Waals surface area contributed by atoms with Gasteiger partial charge in [0.05, 0.1) is 0 Å². The summed E-state index contributed by atoms with van der Waals surface area (Å²) >= 11 is 0. The highest BCUT2D eigenvalue weighted by Gasteiger charge is 2.36. The summed E-state index contributed by atoms with van der Waals surface area (Å²) in [5, 5.41) is 3.70. The summed E-state index contributed by atoms with van der Waals surface area (Å²) in [6, 6.07) is 0. The Morgan fingerprint density at radius 2 is 1.36 bits per heavy atom. The van der Waals surface area contributed by atoms with Crippen LogP contribution in [0.25, 0.3) is 0 Å². The minimum absolute atomic E-state index is 0.336. The highest BCUT2D eigenvalue weighted by atomic mass is 15.0. The Hall–Kier alpha value is -0.0400. The molecule has 1 aliphatic rings. The Kier molecular flexibility index (Phi) is 5.14. The van der Waals surface area contributed by atoms with E-state index in [1.54, 1.807) is 0 Å². The van der Waals surface area contributed by atoms with E-state index in [2.05, 4.69) is 39.9 Å². The van der Waals surface area contributed by atoms with Gasteiger partial charge in [-0.05, 0) is 46.5 Å². The van der Waals surface area contributed by atoms with Crippen LogP contribution in [0.4, 0.5) is 0 Å². The van der Waals surface area contributed by atoms with Crippen LogP contribution in [0.3, 0.4) is 0 Å². The molecule has 0 bridgehead atoms. The highest BCUT2D eigenvalue weighted by Crippen LogP contribution is 2.34. The van der Waals surface area contributed by atoms with Crippen LogP contribution >= 0.6 is 0 Å². The van der Waals surface area contributed by atoms with E-state index in [4.69, 9.17) is 0 Å². The van der Waals surface area contributed by atoms with Gasteiger partial charge in [0.25, 0.3) is 0 Å². The average molecular weight is 199 g/mol. The lowest BCUT2D eigenvalue weighted by Crippen LogP contribution is -2.57. The van der Waals surface area contributed by atoms with Crippen molar-refractivity contribution >= 4 is 0 Å². The Balaban J connectivity index is 0.000000791. The van der Waals surface area contributed by atoms with Crippen molar-refractivity contribution in [1.82, 2.24) is 5.32 Å². The van der Waals surface area contributed by atoms with E-state index in [0.29, 0.717) is 11.1 Å². The van der Waals surface area contributed by atoms with Crippen molar-refractivity contribution in [3.63, 3.8) is 0 Å². The van der Waals surface area contributed by atoms with Crippen molar-refractivity contribution in [3.8, 4) is 0 Å². The lowest BCUT2D eigenvalue weighted by molar-refractivity contribution is 0.126. The molecular weight excluding hydrogens is 170 g/mol. The topological polar surface area (TPSA) is 12.0 Å². The van der Waals surface area contributed by atoms with Crippen molar-refractivity contribution in [3.05, 3.63) is 0 Å². The molecule has 86 valence electrons. The zero-order valence-corrected chi connectivity index (χ0v) is 11.2. The molecule has 0 spiro atoms. The van der Waals surface area contributed by atoms with Crippen molar-refractivity contribution in [2.24, 2.45) is 5.92 Å². The molecule has 1 rings (SSSR count). The molecule has 0 atom stereocenters. The van der Waals surface area contributed by atoms with E-state index in [-0.39, 0.29) is 0 Å². The summed E-state index contributed by atoms with van der Waals surface area (Å²) in [5.74, 6) is 0.913. The lowest BCUT2D eigenvalue weighted by Gasteiger charge is -2.46. The fourth-order valence-electron chi connectivity index (χ4n) is 2.82. The Labute approximate surface area is 90.7 Å². The maximum Gasteiger partial charge on any atom is 0.0132 e. The molecule has 1 N–H and O–H groups in total. The minimum atomic E-state index is 0.336. The first-order valence-corrected chi connectivity index (χ1v) is 6.14. The largest absolute Gasteiger partial charge is 0.307 e. The SMILES string of the molecule is CC.CCC1CC(C)(C)NC(C)(C)C1. The van der Waals surface area contributed by atoms with Gasteiger partial charge in [0.2, 0.25) is 0 Å². The maximum atomic E-state index is 3.70. The predicted octanol–water partition coefficient (Wildman–Crippen LogP) is 3.98. The standard InChI is InChI=1S/C11H23N.C2H6/c1-6-9-7-10(2,3)12-11(4,5)8-9;1-2/h9,12H,6-8H2,1-5H3;1-2H3. The predicted molar refractivity (Wildman–Crippen MR) is 65.7 cm³/mol. The van der Waals surface area contributed by atoms with E-state index in [1.807, 2.05) is 13.8 Å². The number of hydrogen-bond donors (Lipinski definition) is 1. The van der Waals surface area contributed by atoms with Crippen LogP contribution in [0.2, 0.25) is 0 Å². The molecule has 0 aromatic carbocycles. The molecule has 1 fully saturated rings. The molecule has 0 radical (unpaired) electrons. The van der Waals surface area contributed by atoms with Gasteiger partial charge in [-0.3, -0.25) is 0 Å². The molecule has 1 aliphatic heterocycles. The Bertz CT molecular complexity index is 143. The lowest BCUT2D eigenvalue weighted by atomic mass is 9.75. The second-order valence-electron chi connectivity index (χ2n) is 5.58. The molecule has 0 aromatic heterocycles. The smallest absolute Gasteiger partial charge is 0.0132 e. The normalized spacial score (nSPS) is 25.1. The summed E-state index contributed by atoms with van der Waals surface area (Å²) in [7, 11) is 0. The molecule has 14 heavy (non-hydrogen) atoms. The van der Waals surface area contributed by atoms with E-state index >= 15 is 0 Å². The van der Waals surface area contributed by atoms with E-state index in [1.165, 1.54) is 19.3 Å². The minimum Gasteiger partial charge on any atom is -0.307 e. The molecule has 1 heteroatoms. The van der Waals surface area contributed by atoms with Crippen LogP contribution in [0.15, 0.2) is 0 Å². The second-order valence-corrected chi connectivity index (χ2v) is 5.58. The van der Waals surface area contributed by atoms with Crippen molar-refractivity contribution in [1.29, 1.82) is 0 Å². The van der Waals surface area contributed by atoms with Crippen LogP contribution in [-0.2, 0) is 0 Å². The van der Waals surface area contributed by atoms with Gasteiger partial charge in [0, 0.05) is 11.1 Å². The summed E-state index contributed by atoms with van der Waals surface area (Å²) in [6.45, 7) is 15.6. The third kappa shape index (κ3) is 4.45. The molecular formula is C13H29N. The number of nitrogens with one attached hydrogen (secondary N) is 1. The fraction of sp³-hybridized carbons (Fsp3) is 1.00. The summed E-state index contributed by atoms with van der Waals surface area (Å²) < 4.78 is 0. The van der Waals surface area contributed by atoms with Gasteiger partial charge in [0.1, 0.15) is 0 Å². The monoisotopic (exact) mass is 199 g/mol. The average Bonchev–Trinajstić information content (AvgIpc) is 2.02. The first kappa shape index (κ1) is 14.0. The zero-order valence-electron chi connectivity index (χ0n) is 11.2. The van der Waals surface area contributed by atoms with Crippen LogP contribution in [0.5, 0.6) is 0 Å². The Morgan fingerprint density at radius 3 is 1.64 bits per heavy atom. The molecule has 0 aromatic rings. The van der Waals surface area contributed by atoms with Gasteiger partial charge in [-0.2, -0.15) is 0 Å². The molecule has 0 saturated carbocycles. The van der Waals surface area contributed by atoms with Crippen molar-refractivity contribution < 1.29 is 0 Å². The molecule has 0 aliphatic carbocycles. The van der Waals surface area contributed by atoms with Gasteiger partial charge >= 0.3 is 0 Å². The van der Waals surface area contributed by atoms with E-state index < -0.39 is 0 Å². The van der Waals surface area contributed by atoms with Crippen LogP contribution in [-0.4, -0.2) is 11.1 Å². The fourth-order valence-corrected chi connectivity index (χ4v) is 2.82. The van der Waals surface area contributed by atoms with E-state index in [0.717, 1.165) is 5.92 Å². The second kappa shape index (κ2) is 5.16. The van der Waals surface area contributed by atoms with Crippen molar-refractivity contribution in [2.45, 2.75) is 78.8 Å². The van der Waals surface area contributed by atoms with E-state index in [9.17, 15) is 0 Å². The van der Waals surface area contributed by atoms with Gasteiger partial charge < -0.3 is 5.32 Å². The highest BCUT2D eigenvalue weighted by molar-refractivity contribution is 4.96. The van der Waals surface area contributed by atoms with Crippen LogP contribution in [0, 0.1) is 5.92 Å². The maximum absolute atomic E-state index is 3.70. The quantitative estimate of drug-likeness (QED) is 0.673. The van der Waals surface area contributed by atoms with Gasteiger partial charge in [0.15, 0.2) is 0 Å². The third-order valence-electron chi connectivity index (χ3n) is 2.85. The first-order chi connectivity index (χ1) is 6.35. The van der Waals surface area contributed by atoms with Crippen molar-refractivity contribution in [2.75, 3.05) is 0 Å². The molecule has 0 amide bonds. The molecule has 1 heterocycles. The number of rotatable bonds is 1. The number of piperidine rings is 1. The molecule has 1 nitrogen and oxygen atoms in total. The summed E-state index contributed by atoms with van der Waals surface area (Å²) in [6.07, 6.45) is 3.98. The number of hydrogen-bond acceptors (Lipinski definition) is 1. The zero-order chi connectivity index (χ0) is 11.4. The van der Waals surface area contributed by atoms with Gasteiger partial charge in [-0.25, -0.2) is 0 Å². The molecule has 0 unspecified atom stereocenters. The first-order valence-electron chi connectivity index (χ1n) is 6.14. The Morgan fingerprint density at radius 1 is 1.00 bits per heavy atom. The summed E-state index contributed by atoms with van der Waals surface area (Å²) in [4.78, 5) is 0. The summed E-state index contributed by atoms with van der Waals surface area (Å²) in [5.41, 5.74) is 0.671.